The monoisotopic (exact) mass is 238 g/mol. The number of ether oxygens (including phenoxy) is 1. The van der Waals surface area contributed by atoms with Crippen LogP contribution in [0.1, 0.15) is 18.0 Å². The maximum atomic E-state index is 14.0. The summed E-state index contributed by atoms with van der Waals surface area (Å²) >= 11 is 0. The molecule has 0 aromatic heterocycles. The second-order valence-corrected chi connectivity index (χ2v) is 4.65. The molecule has 94 valence electrons. The van der Waals surface area contributed by atoms with E-state index in [9.17, 15) is 4.39 Å². The maximum Gasteiger partial charge on any atom is 0.131 e. The van der Waals surface area contributed by atoms with Gasteiger partial charge in [-0.15, -0.1) is 0 Å². The minimum absolute atomic E-state index is 0.0692. The van der Waals surface area contributed by atoms with Gasteiger partial charge in [-0.2, -0.15) is 0 Å². The molecule has 0 aliphatic carbocycles. The van der Waals surface area contributed by atoms with Gasteiger partial charge in [0, 0.05) is 18.2 Å². The summed E-state index contributed by atoms with van der Waals surface area (Å²) in [6, 6.07) is 5.04. The van der Waals surface area contributed by atoms with Crippen LogP contribution in [0.4, 0.5) is 4.39 Å². The number of hydrogen-bond acceptors (Lipinski definition) is 3. The molecule has 2 N–H and O–H groups in total. The molecule has 1 aliphatic heterocycles. The van der Waals surface area contributed by atoms with Gasteiger partial charge >= 0.3 is 0 Å². The van der Waals surface area contributed by atoms with E-state index in [2.05, 4.69) is 4.90 Å². The van der Waals surface area contributed by atoms with E-state index in [0.29, 0.717) is 23.8 Å². The lowest BCUT2D eigenvalue weighted by Crippen LogP contribution is -2.21. The molecule has 2 atom stereocenters. The lowest BCUT2D eigenvalue weighted by molar-refractivity contribution is 0.295. The summed E-state index contributed by atoms with van der Waals surface area (Å²) in [5.74, 6) is 0.868. The summed E-state index contributed by atoms with van der Waals surface area (Å²) in [7, 11) is 3.58. The van der Waals surface area contributed by atoms with Crippen molar-refractivity contribution in [3.05, 3.63) is 29.6 Å². The molecule has 1 aliphatic rings. The third-order valence-corrected chi connectivity index (χ3v) is 3.53. The molecule has 0 saturated carbocycles. The van der Waals surface area contributed by atoms with Crippen molar-refractivity contribution in [2.45, 2.75) is 12.5 Å². The third-order valence-electron chi connectivity index (χ3n) is 3.53. The lowest BCUT2D eigenvalue weighted by Gasteiger charge is -2.22. The predicted octanol–water partition coefficient (Wildman–Crippen LogP) is 1.79. The SMILES string of the molecule is COc1cccc(F)c1C1CC(CN)CN1C. The fourth-order valence-corrected chi connectivity index (χ4v) is 2.63. The molecule has 4 heteroatoms. The average molecular weight is 238 g/mol. The molecule has 1 saturated heterocycles. The van der Waals surface area contributed by atoms with Crippen LogP contribution in [0, 0.1) is 11.7 Å². The Morgan fingerprint density at radius 2 is 2.29 bits per heavy atom. The molecule has 2 rings (SSSR count). The molecule has 17 heavy (non-hydrogen) atoms. The van der Waals surface area contributed by atoms with E-state index in [1.807, 2.05) is 13.1 Å². The molecule has 0 spiro atoms. The first-order valence-corrected chi connectivity index (χ1v) is 5.90. The van der Waals surface area contributed by atoms with Crippen molar-refractivity contribution < 1.29 is 9.13 Å². The van der Waals surface area contributed by atoms with Crippen molar-refractivity contribution in [3.63, 3.8) is 0 Å². The second-order valence-electron chi connectivity index (χ2n) is 4.65. The highest BCUT2D eigenvalue weighted by Crippen LogP contribution is 2.39. The number of likely N-dealkylation sites (tertiary alicyclic amines) is 1. The van der Waals surface area contributed by atoms with E-state index in [-0.39, 0.29) is 11.9 Å². The van der Waals surface area contributed by atoms with E-state index >= 15 is 0 Å². The first-order valence-electron chi connectivity index (χ1n) is 5.90. The van der Waals surface area contributed by atoms with E-state index in [1.165, 1.54) is 6.07 Å². The van der Waals surface area contributed by atoms with Crippen LogP contribution in [0.5, 0.6) is 5.75 Å². The first-order chi connectivity index (χ1) is 8.17. The summed E-state index contributed by atoms with van der Waals surface area (Å²) in [6.07, 6.45) is 0.893. The quantitative estimate of drug-likeness (QED) is 0.872. The van der Waals surface area contributed by atoms with Crippen molar-refractivity contribution in [1.82, 2.24) is 4.90 Å². The summed E-state index contributed by atoms with van der Waals surface area (Å²) < 4.78 is 19.2. The van der Waals surface area contributed by atoms with Crippen LogP contribution >= 0.6 is 0 Å². The van der Waals surface area contributed by atoms with E-state index in [4.69, 9.17) is 10.5 Å². The first kappa shape index (κ1) is 12.3. The number of hydrogen-bond donors (Lipinski definition) is 1. The molecule has 3 nitrogen and oxygen atoms in total. The van der Waals surface area contributed by atoms with Crippen molar-refractivity contribution in [3.8, 4) is 5.75 Å². The fraction of sp³-hybridized carbons (Fsp3) is 0.538. The minimum Gasteiger partial charge on any atom is -0.496 e. The van der Waals surface area contributed by atoms with Crippen LogP contribution in [0.25, 0.3) is 0 Å². The van der Waals surface area contributed by atoms with Crippen molar-refractivity contribution in [1.29, 1.82) is 0 Å². The molecule has 1 fully saturated rings. The summed E-state index contributed by atoms with van der Waals surface area (Å²) in [5, 5.41) is 0. The van der Waals surface area contributed by atoms with Gasteiger partial charge < -0.3 is 10.5 Å². The van der Waals surface area contributed by atoms with Gasteiger partial charge in [0.05, 0.1) is 7.11 Å². The Kier molecular flexibility index (Phi) is 3.64. The third kappa shape index (κ3) is 2.28. The largest absolute Gasteiger partial charge is 0.496 e. The summed E-state index contributed by atoms with van der Waals surface area (Å²) in [4.78, 5) is 2.15. The van der Waals surface area contributed by atoms with Crippen LogP contribution in [0.3, 0.4) is 0 Å². The van der Waals surface area contributed by atoms with E-state index in [0.717, 1.165) is 13.0 Å². The van der Waals surface area contributed by atoms with Crippen LogP contribution < -0.4 is 10.5 Å². The van der Waals surface area contributed by atoms with Crippen LogP contribution in [-0.4, -0.2) is 32.1 Å². The predicted molar refractivity (Wildman–Crippen MR) is 65.5 cm³/mol. The van der Waals surface area contributed by atoms with Gasteiger partial charge in [-0.3, -0.25) is 4.90 Å². The fourth-order valence-electron chi connectivity index (χ4n) is 2.63. The topological polar surface area (TPSA) is 38.5 Å². The molecule has 0 amide bonds. The molecule has 1 heterocycles. The number of benzene rings is 1. The van der Waals surface area contributed by atoms with Crippen LogP contribution in [-0.2, 0) is 0 Å². The van der Waals surface area contributed by atoms with Gasteiger partial charge in [-0.05, 0) is 38.1 Å². The standard InChI is InChI=1S/C13H19FN2O/c1-16-8-9(7-15)6-11(16)13-10(14)4-3-5-12(13)17-2/h3-5,9,11H,6-8,15H2,1-2H3. The van der Waals surface area contributed by atoms with Gasteiger partial charge in [0.2, 0.25) is 0 Å². The molecule has 2 unspecified atom stereocenters. The number of nitrogens with zero attached hydrogens (tertiary/aromatic N) is 1. The molecular formula is C13H19FN2O. The summed E-state index contributed by atoms with van der Waals surface area (Å²) in [5.41, 5.74) is 6.35. The molecule has 0 bridgehead atoms. The lowest BCUT2D eigenvalue weighted by atomic mass is 9.98. The van der Waals surface area contributed by atoms with Crippen molar-refractivity contribution >= 4 is 0 Å². The highest BCUT2D eigenvalue weighted by atomic mass is 19.1. The zero-order valence-corrected chi connectivity index (χ0v) is 10.3. The number of methoxy groups -OCH3 is 1. The maximum absolute atomic E-state index is 14.0. The van der Waals surface area contributed by atoms with Crippen LogP contribution in [0.2, 0.25) is 0 Å². The normalized spacial score (nSPS) is 25.2. The Balaban J connectivity index is 2.34. The Hall–Kier alpha value is -1.13. The van der Waals surface area contributed by atoms with Crippen molar-refractivity contribution in [2.75, 3.05) is 27.2 Å². The molecule has 0 radical (unpaired) electrons. The Labute approximate surface area is 101 Å². The number of halogens is 1. The average Bonchev–Trinajstić information content (AvgIpc) is 2.70. The Bertz CT molecular complexity index is 397. The zero-order valence-electron chi connectivity index (χ0n) is 10.3. The smallest absolute Gasteiger partial charge is 0.131 e. The van der Waals surface area contributed by atoms with Gasteiger partial charge in [0.25, 0.3) is 0 Å². The van der Waals surface area contributed by atoms with Gasteiger partial charge in [0.15, 0.2) is 0 Å². The van der Waals surface area contributed by atoms with Gasteiger partial charge in [-0.25, -0.2) is 4.39 Å². The molecule has 1 aromatic carbocycles. The van der Waals surface area contributed by atoms with Crippen molar-refractivity contribution in [2.24, 2.45) is 11.7 Å². The summed E-state index contributed by atoms with van der Waals surface area (Å²) in [6.45, 7) is 1.57. The highest BCUT2D eigenvalue weighted by molar-refractivity contribution is 5.37. The highest BCUT2D eigenvalue weighted by Gasteiger charge is 2.33. The van der Waals surface area contributed by atoms with E-state index in [1.54, 1.807) is 13.2 Å². The Morgan fingerprint density at radius 3 is 2.88 bits per heavy atom. The zero-order chi connectivity index (χ0) is 12.4. The van der Waals surface area contributed by atoms with Gasteiger partial charge in [0.1, 0.15) is 11.6 Å². The van der Waals surface area contributed by atoms with E-state index < -0.39 is 0 Å². The van der Waals surface area contributed by atoms with Crippen LogP contribution in [0.15, 0.2) is 18.2 Å². The second kappa shape index (κ2) is 5.02. The Morgan fingerprint density at radius 1 is 1.53 bits per heavy atom. The number of nitrogens with two attached hydrogens (primary N) is 1. The number of rotatable bonds is 3. The molecule has 1 aromatic rings. The van der Waals surface area contributed by atoms with Gasteiger partial charge in [-0.1, -0.05) is 6.07 Å². The minimum atomic E-state index is -0.195. The molecular weight excluding hydrogens is 219 g/mol.